The highest BCUT2D eigenvalue weighted by Gasteiger charge is 2.65. The van der Waals surface area contributed by atoms with Crippen LogP contribution < -0.4 is 4.74 Å². The Labute approximate surface area is 342 Å². The zero-order valence-electron chi connectivity index (χ0n) is 33.8. The van der Waals surface area contributed by atoms with E-state index in [0.29, 0.717) is 43.9 Å². The lowest BCUT2D eigenvalue weighted by molar-refractivity contribution is -0.255. The first-order valence-electron chi connectivity index (χ1n) is 20.9. The van der Waals surface area contributed by atoms with E-state index in [1.54, 1.807) is 29.2 Å². The zero-order valence-corrected chi connectivity index (χ0v) is 33.8. The molecule has 0 saturated heterocycles. The summed E-state index contributed by atoms with van der Waals surface area (Å²) in [4.78, 5) is 22.3. The molecule has 0 bridgehead atoms. The molecule has 0 radical (unpaired) electrons. The maximum absolute atomic E-state index is 14.4. The molecule has 0 aromatic heterocycles. The highest BCUT2D eigenvalue weighted by Crippen LogP contribution is 2.62. The zero-order chi connectivity index (χ0) is 40.7. The minimum atomic E-state index is -1.41. The van der Waals surface area contributed by atoms with Gasteiger partial charge in [-0.2, -0.15) is 0 Å². The quantitative estimate of drug-likeness (QED) is 0.0521. The number of phenolic OH excluding ortho intramolecular Hbond substituents is 1. The molecule has 1 aliphatic heterocycles. The van der Waals surface area contributed by atoms with Crippen LogP contribution in [-0.4, -0.2) is 83.4 Å². The number of aliphatic hydroxyl groups excluding tert-OH is 2. The number of fused-ring (bicyclic) bond motifs is 2. The average molecular weight is 797 g/mol. The van der Waals surface area contributed by atoms with Crippen LogP contribution in [0.1, 0.15) is 80.9 Å². The molecule has 3 N–H and O–H groups in total. The van der Waals surface area contributed by atoms with Crippen molar-refractivity contribution in [1.82, 2.24) is 4.90 Å². The van der Waals surface area contributed by atoms with Crippen molar-refractivity contribution in [3.63, 3.8) is 0 Å². The van der Waals surface area contributed by atoms with Crippen molar-refractivity contribution >= 4 is 11.8 Å². The Balaban J connectivity index is 1.44. The van der Waals surface area contributed by atoms with Crippen LogP contribution in [0.15, 0.2) is 108 Å². The molecule has 1 amide bonds. The van der Waals surface area contributed by atoms with Gasteiger partial charge >= 0.3 is 6.09 Å². The lowest BCUT2D eigenvalue weighted by atomic mass is 9.55. The number of allylic oxidation sites excluding steroid dienone is 1. The Morgan fingerprint density at radius 2 is 1.66 bits per heavy atom. The molecule has 3 aliphatic rings. The number of oxime groups is 1. The van der Waals surface area contributed by atoms with E-state index in [2.05, 4.69) is 12.7 Å². The van der Waals surface area contributed by atoms with Crippen molar-refractivity contribution in [3.8, 4) is 11.5 Å². The van der Waals surface area contributed by atoms with Gasteiger partial charge in [-0.1, -0.05) is 97.7 Å². The van der Waals surface area contributed by atoms with Crippen LogP contribution in [-0.2, 0) is 32.3 Å². The number of hydrogen-bond donors (Lipinski definition) is 3. The molecule has 11 heteroatoms. The van der Waals surface area contributed by atoms with Crippen LogP contribution >= 0.6 is 0 Å². The highest BCUT2D eigenvalue weighted by atomic mass is 16.7. The molecule has 6 unspecified atom stereocenters. The normalized spacial score (nSPS) is 23.9. The van der Waals surface area contributed by atoms with Gasteiger partial charge in [0.1, 0.15) is 30.8 Å². The molecular weight excluding hydrogens is 737 g/mol. The average Bonchev–Trinajstić information content (AvgIpc) is 3.24. The number of rotatable bonds is 22. The predicted octanol–water partition coefficient (Wildman–Crippen LogP) is 8.29. The SMILES string of the molecule is C=CCOC12Oc3ccc(O)cc3C3C(CCCCO)C(CCCCO)C=C(C(=NOCc4ccccc4)CC1N(CCC)C(=O)OCCOCc1ccccc1)C32. The molecule has 3 aromatic rings. The monoisotopic (exact) mass is 796 g/mol. The molecule has 1 saturated carbocycles. The molecule has 11 nitrogen and oxygen atoms in total. The van der Waals surface area contributed by atoms with Gasteiger partial charge in [0.15, 0.2) is 0 Å². The maximum atomic E-state index is 14.4. The maximum Gasteiger partial charge on any atom is 0.410 e. The summed E-state index contributed by atoms with van der Waals surface area (Å²) < 4.78 is 26.0. The first-order chi connectivity index (χ1) is 28.4. The van der Waals surface area contributed by atoms with E-state index in [9.17, 15) is 20.1 Å². The Morgan fingerprint density at radius 3 is 2.34 bits per heavy atom. The van der Waals surface area contributed by atoms with E-state index in [1.165, 1.54) is 0 Å². The van der Waals surface area contributed by atoms with Gasteiger partial charge in [-0.05, 0) is 78.8 Å². The lowest BCUT2D eigenvalue weighted by Gasteiger charge is -2.59. The van der Waals surface area contributed by atoms with Crippen LogP contribution in [0.25, 0.3) is 0 Å². The Hall–Kier alpha value is -4.68. The summed E-state index contributed by atoms with van der Waals surface area (Å²) in [6, 6.07) is 24.2. The second kappa shape index (κ2) is 21.4. The second-order valence-electron chi connectivity index (χ2n) is 15.4. The molecule has 312 valence electrons. The summed E-state index contributed by atoms with van der Waals surface area (Å²) >= 11 is 0. The van der Waals surface area contributed by atoms with E-state index < -0.39 is 23.8 Å². The molecule has 3 aromatic carbocycles. The minimum absolute atomic E-state index is 0.0497. The molecule has 1 fully saturated rings. The number of nitrogens with zero attached hydrogens (tertiary/aromatic N) is 2. The summed E-state index contributed by atoms with van der Waals surface area (Å²) in [5.41, 5.74) is 4.49. The van der Waals surface area contributed by atoms with Crippen LogP contribution in [0.2, 0.25) is 0 Å². The molecule has 58 heavy (non-hydrogen) atoms. The summed E-state index contributed by atoms with van der Waals surface area (Å²) in [5.74, 6) is -1.28. The second-order valence-corrected chi connectivity index (χ2v) is 15.4. The molecule has 6 atom stereocenters. The summed E-state index contributed by atoms with van der Waals surface area (Å²) in [7, 11) is 0. The number of carbonyl (C=O) groups is 1. The van der Waals surface area contributed by atoms with Gasteiger partial charge in [-0.3, -0.25) is 4.90 Å². The molecule has 0 spiro atoms. The van der Waals surface area contributed by atoms with Gasteiger partial charge in [0.05, 0.1) is 31.5 Å². The van der Waals surface area contributed by atoms with Crippen molar-refractivity contribution in [1.29, 1.82) is 0 Å². The predicted molar refractivity (Wildman–Crippen MR) is 222 cm³/mol. The lowest BCUT2D eigenvalue weighted by Crippen LogP contribution is -2.70. The Bertz CT molecular complexity index is 1820. The van der Waals surface area contributed by atoms with Crippen molar-refractivity contribution < 1.29 is 43.9 Å². The first kappa shape index (κ1) is 42.9. The third kappa shape index (κ3) is 10.1. The number of amides is 1. The van der Waals surface area contributed by atoms with Gasteiger partial charge < -0.3 is 39.1 Å². The van der Waals surface area contributed by atoms with Crippen LogP contribution in [0.5, 0.6) is 11.5 Å². The topological polar surface area (TPSA) is 140 Å². The molecule has 6 rings (SSSR count). The fourth-order valence-corrected chi connectivity index (χ4v) is 9.07. The standard InChI is InChI=1S/C47H60N2O9/c1-3-23-49(46(53)55-28-27-54-32-34-15-7-5-8-16-34)43-31-41(48-57-33-35-17-9-6-10-18-35)39-29-36(19-11-13-24-50)38(20-12-14-25-51)44-40-30-37(52)21-22-42(40)58-47(43,45(39)44)56-26-4-2/h4-10,15-18,21-22,29-30,36,38,43-45,50-52H,2-3,11-14,19-20,23-28,31-33H2,1H3. The van der Waals surface area contributed by atoms with E-state index in [0.717, 1.165) is 47.9 Å². The number of aliphatic hydroxyl groups is 2. The van der Waals surface area contributed by atoms with Gasteiger partial charge in [-0.25, -0.2) is 4.79 Å². The number of benzene rings is 3. The van der Waals surface area contributed by atoms with Gasteiger partial charge in [-0.15, -0.1) is 6.58 Å². The van der Waals surface area contributed by atoms with Crippen LogP contribution in [0.4, 0.5) is 4.79 Å². The largest absolute Gasteiger partial charge is 0.508 e. The number of aromatic hydroxyl groups is 1. The van der Waals surface area contributed by atoms with Gasteiger partial charge in [0.2, 0.25) is 5.79 Å². The number of unbranched alkanes of at least 4 members (excludes halogenated alkanes) is 2. The number of phenols is 1. The van der Waals surface area contributed by atoms with Crippen molar-refractivity contribution in [2.24, 2.45) is 22.9 Å². The van der Waals surface area contributed by atoms with E-state index in [4.69, 9.17) is 28.9 Å². The number of hydrogen-bond acceptors (Lipinski definition) is 10. The van der Waals surface area contributed by atoms with Gasteiger partial charge in [0.25, 0.3) is 0 Å². The minimum Gasteiger partial charge on any atom is -0.508 e. The fraction of sp³-hybridized carbons (Fsp3) is 0.489. The third-order valence-electron chi connectivity index (χ3n) is 11.5. The van der Waals surface area contributed by atoms with E-state index in [1.807, 2.05) is 67.6 Å². The third-order valence-corrected chi connectivity index (χ3v) is 11.5. The number of carbonyl (C=O) groups excluding carboxylic acids is 1. The fourth-order valence-electron chi connectivity index (χ4n) is 9.07. The first-order valence-corrected chi connectivity index (χ1v) is 20.9. The highest BCUT2D eigenvalue weighted by molar-refractivity contribution is 6.03. The summed E-state index contributed by atoms with van der Waals surface area (Å²) in [5, 5.41) is 35.5. The number of ether oxygens (including phenoxy) is 4. The van der Waals surface area contributed by atoms with Gasteiger partial charge in [0, 0.05) is 37.7 Å². The Morgan fingerprint density at radius 1 is 0.948 bits per heavy atom. The molecular formula is C47H60N2O9. The van der Waals surface area contributed by atoms with Crippen molar-refractivity contribution in [2.45, 2.75) is 89.3 Å². The summed E-state index contributed by atoms with van der Waals surface area (Å²) in [6.45, 7) is 7.67. The molecule has 1 heterocycles. The smallest absolute Gasteiger partial charge is 0.410 e. The van der Waals surface area contributed by atoms with Crippen LogP contribution in [0.3, 0.4) is 0 Å². The molecule has 2 aliphatic carbocycles. The van der Waals surface area contributed by atoms with Crippen LogP contribution in [0, 0.1) is 17.8 Å². The van der Waals surface area contributed by atoms with Crippen molar-refractivity contribution in [3.05, 3.63) is 120 Å². The summed E-state index contributed by atoms with van der Waals surface area (Å²) in [6.07, 6.45) is 8.97. The van der Waals surface area contributed by atoms with E-state index in [-0.39, 0.29) is 69.6 Å². The van der Waals surface area contributed by atoms with Crippen molar-refractivity contribution in [2.75, 3.05) is 39.6 Å². The van der Waals surface area contributed by atoms with E-state index >= 15 is 0 Å². The Kier molecular flexibility index (Phi) is 15.8.